The first-order valence-electron chi connectivity index (χ1n) is 6.06. The smallest absolute Gasteiger partial charge is 0.0863 e. The molecule has 2 aromatic rings. The van der Waals surface area contributed by atoms with E-state index in [0.29, 0.717) is 0 Å². The molecule has 3 nitrogen and oxygen atoms in total. The quantitative estimate of drug-likeness (QED) is 0.912. The summed E-state index contributed by atoms with van der Waals surface area (Å²) < 4.78 is 1.87. The van der Waals surface area contributed by atoms with E-state index in [1.165, 1.54) is 11.1 Å². The van der Waals surface area contributed by atoms with Crippen molar-refractivity contribution in [2.45, 2.75) is 33.4 Å². The van der Waals surface area contributed by atoms with Crippen LogP contribution in [0.1, 0.15) is 29.4 Å². The summed E-state index contributed by atoms with van der Waals surface area (Å²) in [7, 11) is 1.94. The SMILES string of the molecule is CCc1nn(C)c(CNCc2cscc2C)c1Cl. The maximum atomic E-state index is 6.30. The number of aryl methyl sites for hydroxylation is 3. The molecule has 98 valence electrons. The van der Waals surface area contributed by atoms with Gasteiger partial charge in [-0.1, -0.05) is 18.5 Å². The van der Waals surface area contributed by atoms with E-state index >= 15 is 0 Å². The van der Waals surface area contributed by atoms with Gasteiger partial charge < -0.3 is 5.32 Å². The molecule has 0 amide bonds. The highest BCUT2D eigenvalue weighted by Crippen LogP contribution is 2.21. The van der Waals surface area contributed by atoms with E-state index in [-0.39, 0.29) is 0 Å². The van der Waals surface area contributed by atoms with Gasteiger partial charge in [0.05, 0.1) is 16.4 Å². The maximum absolute atomic E-state index is 6.30. The van der Waals surface area contributed by atoms with Gasteiger partial charge in [0.2, 0.25) is 0 Å². The molecule has 0 aliphatic rings. The molecule has 2 heterocycles. The van der Waals surface area contributed by atoms with Crippen LogP contribution in [0.25, 0.3) is 0 Å². The topological polar surface area (TPSA) is 29.9 Å². The molecule has 0 fully saturated rings. The van der Waals surface area contributed by atoms with Crippen molar-refractivity contribution in [1.29, 1.82) is 0 Å². The Bertz CT molecular complexity index is 530. The highest BCUT2D eigenvalue weighted by Gasteiger charge is 2.12. The zero-order valence-electron chi connectivity index (χ0n) is 11.0. The Hall–Kier alpha value is -0.840. The summed E-state index contributed by atoms with van der Waals surface area (Å²) in [5.74, 6) is 0. The molecule has 5 heteroatoms. The first kappa shape index (κ1) is 13.6. The van der Waals surface area contributed by atoms with Crippen molar-refractivity contribution in [3.63, 3.8) is 0 Å². The van der Waals surface area contributed by atoms with Gasteiger partial charge in [-0.2, -0.15) is 16.4 Å². The Morgan fingerprint density at radius 2 is 2.17 bits per heavy atom. The first-order chi connectivity index (χ1) is 8.63. The van der Waals surface area contributed by atoms with Crippen LogP contribution in [-0.4, -0.2) is 9.78 Å². The largest absolute Gasteiger partial charge is 0.307 e. The van der Waals surface area contributed by atoms with Crippen molar-refractivity contribution in [1.82, 2.24) is 15.1 Å². The third-order valence-electron chi connectivity index (χ3n) is 3.07. The number of rotatable bonds is 5. The third kappa shape index (κ3) is 2.76. The molecule has 0 aromatic carbocycles. The molecular formula is C13H18ClN3S. The van der Waals surface area contributed by atoms with E-state index in [0.717, 1.165) is 35.9 Å². The molecule has 0 atom stereocenters. The lowest BCUT2D eigenvalue weighted by atomic mass is 10.2. The minimum absolute atomic E-state index is 0.748. The number of hydrogen-bond donors (Lipinski definition) is 1. The van der Waals surface area contributed by atoms with Gasteiger partial charge in [0.25, 0.3) is 0 Å². The zero-order valence-corrected chi connectivity index (χ0v) is 12.5. The molecule has 0 spiro atoms. The van der Waals surface area contributed by atoms with Crippen LogP contribution in [0.3, 0.4) is 0 Å². The van der Waals surface area contributed by atoms with Crippen LogP contribution in [0.2, 0.25) is 5.02 Å². The van der Waals surface area contributed by atoms with Gasteiger partial charge in [-0.15, -0.1) is 0 Å². The number of thiophene rings is 1. The van der Waals surface area contributed by atoms with Crippen LogP contribution in [-0.2, 0) is 26.6 Å². The summed E-state index contributed by atoms with van der Waals surface area (Å²) in [6.07, 6.45) is 0.871. The number of nitrogens with zero attached hydrogens (tertiary/aromatic N) is 2. The van der Waals surface area contributed by atoms with Gasteiger partial charge in [0.1, 0.15) is 0 Å². The Morgan fingerprint density at radius 1 is 1.39 bits per heavy atom. The van der Waals surface area contributed by atoms with E-state index in [1.807, 2.05) is 11.7 Å². The van der Waals surface area contributed by atoms with Crippen molar-refractivity contribution < 1.29 is 0 Å². The summed E-state index contributed by atoms with van der Waals surface area (Å²) >= 11 is 8.04. The van der Waals surface area contributed by atoms with Crippen LogP contribution < -0.4 is 5.32 Å². The lowest BCUT2D eigenvalue weighted by molar-refractivity contribution is 0.623. The predicted molar refractivity (Wildman–Crippen MR) is 77.2 cm³/mol. The second kappa shape index (κ2) is 5.87. The van der Waals surface area contributed by atoms with Crippen molar-refractivity contribution >= 4 is 22.9 Å². The van der Waals surface area contributed by atoms with Gasteiger partial charge in [0, 0.05) is 20.1 Å². The van der Waals surface area contributed by atoms with Crippen molar-refractivity contribution in [3.05, 3.63) is 38.3 Å². The molecular weight excluding hydrogens is 266 g/mol. The second-order valence-corrected chi connectivity index (χ2v) is 5.49. The molecule has 0 aliphatic heterocycles. The van der Waals surface area contributed by atoms with Crippen molar-refractivity contribution in [3.8, 4) is 0 Å². The van der Waals surface area contributed by atoms with E-state index in [1.54, 1.807) is 11.3 Å². The fraction of sp³-hybridized carbons (Fsp3) is 0.462. The minimum atomic E-state index is 0.748. The molecule has 0 saturated heterocycles. The molecule has 2 aromatic heterocycles. The van der Waals surface area contributed by atoms with Gasteiger partial charge in [-0.3, -0.25) is 4.68 Å². The number of halogens is 1. The highest BCUT2D eigenvalue weighted by atomic mass is 35.5. The molecule has 18 heavy (non-hydrogen) atoms. The average molecular weight is 284 g/mol. The Balaban J connectivity index is 1.98. The van der Waals surface area contributed by atoms with Crippen LogP contribution in [0.5, 0.6) is 0 Å². The average Bonchev–Trinajstić information content (AvgIpc) is 2.87. The fourth-order valence-corrected chi connectivity index (χ4v) is 3.11. The summed E-state index contributed by atoms with van der Waals surface area (Å²) in [6, 6.07) is 0. The second-order valence-electron chi connectivity index (χ2n) is 4.37. The summed E-state index contributed by atoms with van der Waals surface area (Å²) in [5, 5.41) is 13.0. The van der Waals surface area contributed by atoms with Gasteiger partial charge in [-0.05, 0) is 35.2 Å². The van der Waals surface area contributed by atoms with Gasteiger partial charge in [-0.25, -0.2) is 0 Å². The minimum Gasteiger partial charge on any atom is -0.307 e. The lowest BCUT2D eigenvalue weighted by Crippen LogP contribution is -2.15. The van der Waals surface area contributed by atoms with Crippen molar-refractivity contribution in [2.75, 3.05) is 0 Å². The third-order valence-corrected chi connectivity index (χ3v) is 4.42. The number of aromatic nitrogens is 2. The molecule has 0 aliphatic carbocycles. The maximum Gasteiger partial charge on any atom is 0.0863 e. The molecule has 1 N–H and O–H groups in total. The van der Waals surface area contributed by atoms with Crippen LogP contribution in [0, 0.1) is 6.92 Å². The highest BCUT2D eigenvalue weighted by molar-refractivity contribution is 7.08. The summed E-state index contributed by atoms with van der Waals surface area (Å²) in [5.41, 5.74) is 4.73. The van der Waals surface area contributed by atoms with E-state index in [2.05, 4.69) is 35.0 Å². The standard InChI is InChI=1S/C13H18ClN3S/c1-4-11-13(14)12(17(3)16-11)6-15-5-10-8-18-7-9(10)2/h7-8,15H,4-6H2,1-3H3. The molecule has 0 bridgehead atoms. The summed E-state index contributed by atoms with van der Waals surface area (Å²) in [6.45, 7) is 5.83. The predicted octanol–water partition coefficient (Wildman–Crippen LogP) is 3.30. The van der Waals surface area contributed by atoms with Gasteiger partial charge in [0.15, 0.2) is 0 Å². The van der Waals surface area contributed by atoms with E-state index < -0.39 is 0 Å². The Kier molecular flexibility index (Phi) is 4.43. The van der Waals surface area contributed by atoms with Gasteiger partial charge >= 0.3 is 0 Å². The monoisotopic (exact) mass is 283 g/mol. The lowest BCUT2D eigenvalue weighted by Gasteiger charge is -2.05. The Morgan fingerprint density at radius 3 is 2.72 bits per heavy atom. The van der Waals surface area contributed by atoms with Crippen molar-refractivity contribution in [2.24, 2.45) is 7.05 Å². The van der Waals surface area contributed by atoms with Crippen LogP contribution in [0.4, 0.5) is 0 Å². The molecule has 2 rings (SSSR count). The normalized spacial score (nSPS) is 11.1. The fourth-order valence-electron chi connectivity index (χ4n) is 1.90. The number of nitrogens with one attached hydrogen (secondary N) is 1. The molecule has 0 saturated carbocycles. The first-order valence-corrected chi connectivity index (χ1v) is 7.38. The number of hydrogen-bond acceptors (Lipinski definition) is 3. The molecule has 0 radical (unpaired) electrons. The Labute approximate surface area is 117 Å². The van der Waals surface area contributed by atoms with E-state index in [4.69, 9.17) is 11.6 Å². The summed E-state index contributed by atoms with van der Waals surface area (Å²) in [4.78, 5) is 0. The molecule has 0 unspecified atom stereocenters. The zero-order chi connectivity index (χ0) is 13.1. The van der Waals surface area contributed by atoms with E-state index in [9.17, 15) is 0 Å². The van der Waals surface area contributed by atoms with Crippen LogP contribution >= 0.6 is 22.9 Å². The van der Waals surface area contributed by atoms with Crippen LogP contribution in [0.15, 0.2) is 10.8 Å².